The van der Waals surface area contributed by atoms with E-state index in [0.717, 1.165) is 18.9 Å². The van der Waals surface area contributed by atoms with Crippen molar-refractivity contribution in [1.82, 2.24) is 9.78 Å². The Balaban J connectivity index is 2.26. The molecular formula is C10H15ClN2O2S. The first-order valence-corrected chi connectivity index (χ1v) is 7.69. The minimum atomic E-state index is -3.68. The molecule has 2 rings (SSSR count). The molecule has 1 saturated carbocycles. The second-order valence-corrected chi connectivity index (χ2v) is 6.90. The van der Waals surface area contributed by atoms with Gasteiger partial charge in [0.15, 0.2) is 0 Å². The van der Waals surface area contributed by atoms with Crippen molar-refractivity contribution in [3.05, 3.63) is 11.4 Å². The van der Waals surface area contributed by atoms with Gasteiger partial charge >= 0.3 is 0 Å². The van der Waals surface area contributed by atoms with E-state index in [1.54, 1.807) is 18.5 Å². The molecule has 0 aliphatic heterocycles. The third-order valence-electron chi connectivity index (χ3n) is 3.00. The maximum Gasteiger partial charge on any atom is 0.264 e. The van der Waals surface area contributed by atoms with Crippen LogP contribution in [-0.4, -0.2) is 18.2 Å². The van der Waals surface area contributed by atoms with Crippen LogP contribution < -0.4 is 0 Å². The lowest BCUT2D eigenvalue weighted by molar-refractivity contribution is 0.532. The third kappa shape index (κ3) is 2.40. The van der Waals surface area contributed by atoms with Crippen LogP contribution in [0, 0.1) is 19.8 Å². The van der Waals surface area contributed by atoms with Crippen molar-refractivity contribution in [2.45, 2.75) is 44.6 Å². The quantitative estimate of drug-likeness (QED) is 0.782. The molecule has 0 bridgehead atoms. The molecule has 90 valence electrons. The standard InChI is InChI=1S/C10H15ClN2O2S/c1-7-10(16(11,14)15)8(2)13(12-7)6-5-9-3-4-9/h9H,3-6H2,1-2H3. The first-order valence-electron chi connectivity index (χ1n) is 5.38. The zero-order valence-electron chi connectivity index (χ0n) is 9.40. The highest BCUT2D eigenvalue weighted by molar-refractivity contribution is 8.13. The van der Waals surface area contributed by atoms with E-state index in [4.69, 9.17) is 10.7 Å². The fourth-order valence-electron chi connectivity index (χ4n) is 1.96. The molecule has 1 aromatic rings. The van der Waals surface area contributed by atoms with Crippen molar-refractivity contribution in [1.29, 1.82) is 0 Å². The lowest BCUT2D eigenvalue weighted by atomic mass is 10.3. The molecular weight excluding hydrogens is 248 g/mol. The van der Waals surface area contributed by atoms with Crippen LogP contribution in [0.5, 0.6) is 0 Å². The fraction of sp³-hybridized carbons (Fsp3) is 0.700. The molecule has 0 atom stereocenters. The molecule has 0 N–H and O–H groups in total. The highest BCUT2D eigenvalue weighted by atomic mass is 35.7. The summed E-state index contributed by atoms with van der Waals surface area (Å²) in [4.78, 5) is 0.171. The largest absolute Gasteiger partial charge is 0.268 e. The second-order valence-electron chi connectivity index (χ2n) is 4.39. The van der Waals surface area contributed by atoms with Crippen molar-refractivity contribution in [3.63, 3.8) is 0 Å². The van der Waals surface area contributed by atoms with E-state index in [0.29, 0.717) is 11.4 Å². The monoisotopic (exact) mass is 262 g/mol. The number of aromatic nitrogens is 2. The summed E-state index contributed by atoms with van der Waals surface area (Å²) < 4.78 is 24.5. The van der Waals surface area contributed by atoms with Gasteiger partial charge in [0, 0.05) is 17.2 Å². The Bertz CT molecular complexity index is 503. The Kier molecular flexibility index (Phi) is 3.01. The molecule has 1 aliphatic rings. The summed E-state index contributed by atoms with van der Waals surface area (Å²) in [7, 11) is 1.70. The summed E-state index contributed by atoms with van der Waals surface area (Å²) in [6.45, 7) is 4.21. The predicted octanol–water partition coefficient (Wildman–Crippen LogP) is 2.23. The fourth-order valence-corrected chi connectivity index (χ4v) is 3.48. The summed E-state index contributed by atoms with van der Waals surface area (Å²) in [5, 5.41) is 4.23. The Labute approximate surface area is 100 Å². The number of hydrogen-bond acceptors (Lipinski definition) is 3. The molecule has 6 heteroatoms. The molecule has 16 heavy (non-hydrogen) atoms. The molecule has 0 amide bonds. The number of hydrogen-bond donors (Lipinski definition) is 0. The Morgan fingerprint density at radius 1 is 1.44 bits per heavy atom. The van der Waals surface area contributed by atoms with Gasteiger partial charge in [-0.25, -0.2) is 8.42 Å². The van der Waals surface area contributed by atoms with Gasteiger partial charge in [0.05, 0.1) is 11.4 Å². The molecule has 1 fully saturated rings. The van der Waals surface area contributed by atoms with Gasteiger partial charge in [0.1, 0.15) is 4.90 Å². The molecule has 1 aliphatic carbocycles. The Hall–Kier alpha value is -0.550. The average molecular weight is 263 g/mol. The molecule has 0 spiro atoms. The first kappa shape index (κ1) is 11.9. The highest BCUT2D eigenvalue weighted by Crippen LogP contribution is 2.33. The minimum absolute atomic E-state index is 0.171. The summed E-state index contributed by atoms with van der Waals surface area (Å²) in [5.74, 6) is 0.806. The van der Waals surface area contributed by atoms with E-state index in [9.17, 15) is 8.42 Å². The van der Waals surface area contributed by atoms with Crippen molar-refractivity contribution < 1.29 is 8.42 Å². The van der Waals surface area contributed by atoms with Crippen LogP contribution in [0.15, 0.2) is 4.90 Å². The van der Waals surface area contributed by atoms with Gasteiger partial charge in [-0.15, -0.1) is 0 Å². The van der Waals surface area contributed by atoms with Crippen LogP contribution in [0.4, 0.5) is 0 Å². The van der Waals surface area contributed by atoms with Gasteiger partial charge in [-0.1, -0.05) is 12.8 Å². The molecule has 1 heterocycles. The van der Waals surface area contributed by atoms with Crippen LogP contribution in [0.1, 0.15) is 30.7 Å². The maximum atomic E-state index is 11.4. The van der Waals surface area contributed by atoms with E-state index in [-0.39, 0.29) is 4.90 Å². The second kappa shape index (κ2) is 4.04. The number of aryl methyl sites for hydroxylation is 2. The van der Waals surface area contributed by atoms with Gasteiger partial charge in [0.25, 0.3) is 9.05 Å². The Morgan fingerprint density at radius 2 is 2.06 bits per heavy atom. The summed E-state index contributed by atoms with van der Waals surface area (Å²) in [6, 6.07) is 0. The molecule has 0 aromatic carbocycles. The van der Waals surface area contributed by atoms with E-state index in [1.165, 1.54) is 12.8 Å². The number of rotatable bonds is 4. The van der Waals surface area contributed by atoms with E-state index in [1.807, 2.05) is 0 Å². The van der Waals surface area contributed by atoms with Crippen LogP contribution in [0.25, 0.3) is 0 Å². The van der Waals surface area contributed by atoms with Crippen molar-refractivity contribution in [2.24, 2.45) is 5.92 Å². The summed E-state index contributed by atoms with van der Waals surface area (Å²) in [6.07, 6.45) is 3.66. The first-order chi connectivity index (χ1) is 7.39. The molecule has 0 unspecified atom stereocenters. The molecule has 0 radical (unpaired) electrons. The number of halogens is 1. The third-order valence-corrected chi connectivity index (χ3v) is 4.55. The zero-order chi connectivity index (χ0) is 11.9. The van der Waals surface area contributed by atoms with Gasteiger partial charge in [0.2, 0.25) is 0 Å². The van der Waals surface area contributed by atoms with Crippen molar-refractivity contribution in [2.75, 3.05) is 0 Å². The topological polar surface area (TPSA) is 52.0 Å². The van der Waals surface area contributed by atoms with Gasteiger partial charge < -0.3 is 0 Å². The lowest BCUT2D eigenvalue weighted by Gasteiger charge is -2.03. The normalized spacial score (nSPS) is 16.7. The van der Waals surface area contributed by atoms with Crippen LogP contribution in [0.2, 0.25) is 0 Å². The lowest BCUT2D eigenvalue weighted by Crippen LogP contribution is -2.04. The SMILES string of the molecule is Cc1nn(CCC2CC2)c(C)c1S(=O)(=O)Cl. The smallest absolute Gasteiger partial charge is 0.264 e. The molecule has 1 aromatic heterocycles. The summed E-state index contributed by atoms with van der Waals surface area (Å²) >= 11 is 0. The van der Waals surface area contributed by atoms with Gasteiger partial charge in [-0.3, -0.25) is 4.68 Å². The average Bonchev–Trinajstić information content (AvgIpc) is 2.88. The van der Waals surface area contributed by atoms with Crippen molar-refractivity contribution in [3.8, 4) is 0 Å². The van der Waals surface area contributed by atoms with Crippen LogP contribution >= 0.6 is 10.7 Å². The molecule has 4 nitrogen and oxygen atoms in total. The minimum Gasteiger partial charge on any atom is -0.268 e. The predicted molar refractivity (Wildman–Crippen MR) is 62.1 cm³/mol. The van der Waals surface area contributed by atoms with Crippen LogP contribution in [-0.2, 0) is 15.6 Å². The zero-order valence-corrected chi connectivity index (χ0v) is 11.0. The van der Waals surface area contributed by atoms with Gasteiger partial charge in [-0.2, -0.15) is 5.10 Å². The van der Waals surface area contributed by atoms with Gasteiger partial charge in [-0.05, 0) is 26.2 Å². The highest BCUT2D eigenvalue weighted by Gasteiger charge is 2.24. The van der Waals surface area contributed by atoms with E-state index >= 15 is 0 Å². The summed E-state index contributed by atoms with van der Waals surface area (Å²) in [5.41, 5.74) is 1.14. The van der Waals surface area contributed by atoms with E-state index in [2.05, 4.69) is 5.10 Å². The number of nitrogens with zero attached hydrogens (tertiary/aromatic N) is 2. The van der Waals surface area contributed by atoms with Crippen molar-refractivity contribution >= 4 is 19.7 Å². The maximum absolute atomic E-state index is 11.4. The van der Waals surface area contributed by atoms with Crippen LogP contribution in [0.3, 0.4) is 0 Å². The molecule has 0 saturated heterocycles. The Morgan fingerprint density at radius 3 is 2.50 bits per heavy atom. The van der Waals surface area contributed by atoms with E-state index < -0.39 is 9.05 Å².